The van der Waals surface area contributed by atoms with Gasteiger partial charge in [-0.2, -0.15) is 0 Å². The fourth-order valence-corrected chi connectivity index (χ4v) is 3.10. The third kappa shape index (κ3) is 3.83. The summed E-state index contributed by atoms with van der Waals surface area (Å²) in [4.78, 5) is 16.6. The largest absolute Gasteiger partial charge is 0.337 e. The molecular formula is C23H19N3O2. The van der Waals surface area contributed by atoms with Crippen LogP contribution < -0.4 is 5.32 Å². The molecule has 0 aliphatic heterocycles. The zero-order valence-corrected chi connectivity index (χ0v) is 15.4. The van der Waals surface area contributed by atoms with Gasteiger partial charge in [-0.15, -0.1) is 0 Å². The van der Waals surface area contributed by atoms with Crippen molar-refractivity contribution in [2.75, 3.05) is 5.32 Å². The van der Waals surface area contributed by atoms with E-state index in [2.05, 4.69) is 15.5 Å². The number of pyridine rings is 1. The Balaban J connectivity index is 1.70. The number of aromatic nitrogens is 2. The molecule has 2 aromatic carbocycles. The number of carbonyl (C=O) groups excluding carboxylic acids is 1. The zero-order chi connectivity index (χ0) is 19.3. The molecule has 28 heavy (non-hydrogen) atoms. The molecule has 0 aliphatic carbocycles. The predicted octanol–water partition coefficient (Wildman–Crippen LogP) is 4.89. The molecule has 2 aromatic heterocycles. The second kappa shape index (κ2) is 7.88. The fraction of sp³-hybridized carbons (Fsp3) is 0.0870. The number of hydrogen-bond acceptors (Lipinski definition) is 4. The number of amides is 1. The Morgan fingerprint density at radius 3 is 2.50 bits per heavy atom. The van der Waals surface area contributed by atoms with Gasteiger partial charge in [-0.1, -0.05) is 59.3 Å². The lowest BCUT2D eigenvalue weighted by molar-refractivity contribution is -0.115. The molecule has 0 saturated heterocycles. The molecule has 5 nitrogen and oxygen atoms in total. The quantitative estimate of drug-likeness (QED) is 0.544. The van der Waals surface area contributed by atoms with Crippen LogP contribution in [0.25, 0.3) is 22.4 Å². The summed E-state index contributed by atoms with van der Waals surface area (Å²) in [7, 11) is 0. The monoisotopic (exact) mass is 369 g/mol. The molecule has 0 atom stereocenters. The number of aryl methyl sites for hydroxylation is 1. The van der Waals surface area contributed by atoms with E-state index in [0.29, 0.717) is 11.6 Å². The van der Waals surface area contributed by atoms with Crippen molar-refractivity contribution in [2.45, 2.75) is 13.3 Å². The molecule has 0 spiro atoms. The van der Waals surface area contributed by atoms with Gasteiger partial charge in [0.25, 0.3) is 0 Å². The highest BCUT2D eigenvalue weighted by atomic mass is 16.5. The minimum absolute atomic E-state index is 0.159. The zero-order valence-electron chi connectivity index (χ0n) is 15.4. The Bertz CT molecular complexity index is 1090. The molecule has 0 unspecified atom stereocenters. The van der Waals surface area contributed by atoms with Crippen molar-refractivity contribution in [2.24, 2.45) is 0 Å². The Kier molecular flexibility index (Phi) is 4.97. The summed E-state index contributed by atoms with van der Waals surface area (Å²) in [5.74, 6) is 0.178. The molecule has 0 bridgehead atoms. The van der Waals surface area contributed by atoms with E-state index >= 15 is 0 Å². The van der Waals surface area contributed by atoms with Gasteiger partial charge in [0.15, 0.2) is 0 Å². The van der Waals surface area contributed by atoms with Crippen molar-refractivity contribution in [1.82, 2.24) is 10.1 Å². The lowest BCUT2D eigenvalue weighted by atomic mass is 10.0. The van der Waals surface area contributed by atoms with E-state index in [1.807, 2.05) is 73.7 Å². The summed E-state index contributed by atoms with van der Waals surface area (Å²) in [5, 5.41) is 7.13. The molecule has 0 fully saturated rings. The fourth-order valence-electron chi connectivity index (χ4n) is 3.10. The maximum absolute atomic E-state index is 12.6. The van der Waals surface area contributed by atoms with Crippen LogP contribution in [0.2, 0.25) is 0 Å². The van der Waals surface area contributed by atoms with Crippen molar-refractivity contribution in [3.8, 4) is 22.4 Å². The van der Waals surface area contributed by atoms with Gasteiger partial charge in [0.05, 0.1) is 12.0 Å². The lowest BCUT2D eigenvalue weighted by Crippen LogP contribution is -2.14. The lowest BCUT2D eigenvalue weighted by Gasteiger charge is -2.07. The second-order valence-corrected chi connectivity index (χ2v) is 6.55. The number of rotatable bonds is 5. The number of nitrogens with one attached hydrogen (secondary N) is 1. The van der Waals surface area contributed by atoms with Crippen LogP contribution in [-0.4, -0.2) is 16.0 Å². The molecule has 0 aliphatic rings. The van der Waals surface area contributed by atoms with Crippen LogP contribution in [0.15, 0.2) is 83.6 Å². The van der Waals surface area contributed by atoms with Gasteiger partial charge < -0.3 is 4.52 Å². The first kappa shape index (κ1) is 17.7. The summed E-state index contributed by atoms with van der Waals surface area (Å²) in [6.45, 7) is 2.03. The van der Waals surface area contributed by atoms with E-state index in [-0.39, 0.29) is 12.3 Å². The minimum Gasteiger partial charge on any atom is -0.337 e. The number of anilines is 1. The van der Waals surface area contributed by atoms with E-state index < -0.39 is 0 Å². The van der Waals surface area contributed by atoms with Crippen LogP contribution in [0.3, 0.4) is 0 Å². The molecule has 2 heterocycles. The number of benzene rings is 2. The summed E-state index contributed by atoms with van der Waals surface area (Å²) < 4.78 is 5.55. The average molecular weight is 369 g/mol. The first-order chi connectivity index (χ1) is 13.7. The predicted molar refractivity (Wildman–Crippen MR) is 109 cm³/mol. The Morgan fingerprint density at radius 2 is 1.75 bits per heavy atom. The average Bonchev–Trinajstić information content (AvgIpc) is 3.13. The van der Waals surface area contributed by atoms with E-state index in [0.717, 1.165) is 27.8 Å². The Labute approximate surface area is 163 Å². The second-order valence-electron chi connectivity index (χ2n) is 6.55. The van der Waals surface area contributed by atoms with Crippen molar-refractivity contribution in [1.29, 1.82) is 0 Å². The SMILES string of the molecule is Cc1cccc(-c2noc(NC(=O)Cc3ccccc3)c2-c2ccncc2)c1. The van der Waals surface area contributed by atoms with Crippen LogP contribution in [0.5, 0.6) is 0 Å². The molecule has 0 radical (unpaired) electrons. The van der Waals surface area contributed by atoms with Crippen LogP contribution >= 0.6 is 0 Å². The molecule has 1 N–H and O–H groups in total. The van der Waals surface area contributed by atoms with Crippen LogP contribution in [-0.2, 0) is 11.2 Å². The van der Waals surface area contributed by atoms with Gasteiger partial charge in [-0.25, -0.2) is 0 Å². The molecule has 5 heteroatoms. The highest BCUT2D eigenvalue weighted by Gasteiger charge is 2.21. The molecule has 0 saturated carbocycles. The van der Waals surface area contributed by atoms with Gasteiger partial charge in [0.1, 0.15) is 5.69 Å². The van der Waals surface area contributed by atoms with Crippen LogP contribution in [0, 0.1) is 6.92 Å². The highest BCUT2D eigenvalue weighted by molar-refractivity contribution is 5.97. The van der Waals surface area contributed by atoms with Crippen molar-refractivity contribution >= 4 is 11.8 Å². The summed E-state index contributed by atoms with van der Waals surface area (Å²) in [6.07, 6.45) is 3.67. The summed E-state index contributed by atoms with van der Waals surface area (Å²) >= 11 is 0. The van der Waals surface area contributed by atoms with E-state index in [9.17, 15) is 4.79 Å². The van der Waals surface area contributed by atoms with Crippen molar-refractivity contribution < 1.29 is 9.32 Å². The smallest absolute Gasteiger partial charge is 0.239 e. The van der Waals surface area contributed by atoms with Crippen molar-refractivity contribution in [3.05, 3.63) is 90.3 Å². The first-order valence-corrected chi connectivity index (χ1v) is 9.01. The number of hydrogen-bond donors (Lipinski definition) is 1. The third-order valence-electron chi connectivity index (χ3n) is 4.41. The molecule has 138 valence electrons. The standard InChI is InChI=1S/C23H19N3O2/c1-16-6-5-9-19(14-16)22-21(18-10-12-24-13-11-18)23(28-26-22)25-20(27)15-17-7-3-2-4-8-17/h2-14H,15H2,1H3,(H,25,27). The minimum atomic E-state index is -0.159. The third-order valence-corrected chi connectivity index (χ3v) is 4.41. The van der Waals surface area contributed by atoms with Crippen molar-refractivity contribution in [3.63, 3.8) is 0 Å². The molecular weight excluding hydrogens is 350 g/mol. The van der Waals surface area contributed by atoms with Gasteiger partial charge in [0, 0.05) is 18.0 Å². The summed E-state index contributed by atoms with van der Waals surface area (Å²) in [6, 6.07) is 21.4. The Hall–Kier alpha value is -3.73. The van der Waals surface area contributed by atoms with E-state index in [1.165, 1.54) is 0 Å². The first-order valence-electron chi connectivity index (χ1n) is 9.01. The topological polar surface area (TPSA) is 68.0 Å². The molecule has 1 amide bonds. The maximum atomic E-state index is 12.6. The van der Waals surface area contributed by atoms with E-state index in [4.69, 9.17) is 4.52 Å². The Morgan fingerprint density at radius 1 is 0.964 bits per heavy atom. The van der Waals surface area contributed by atoms with Gasteiger partial charge in [-0.05, 0) is 36.2 Å². The van der Waals surface area contributed by atoms with Gasteiger partial charge in [0.2, 0.25) is 11.8 Å². The summed E-state index contributed by atoms with van der Waals surface area (Å²) in [5.41, 5.74) is 5.29. The van der Waals surface area contributed by atoms with E-state index in [1.54, 1.807) is 12.4 Å². The van der Waals surface area contributed by atoms with Gasteiger partial charge in [-0.3, -0.25) is 15.1 Å². The van der Waals surface area contributed by atoms with Crippen LogP contribution in [0.4, 0.5) is 5.88 Å². The van der Waals surface area contributed by atoms with Crippen LogP contribution in [0.1, 0.15) is 11.1 Å². The molecule has 4 rings (SSSR count). The molecule has 4 aromatic rings. The van der Waals surface area contributed by atoms with Gasteiger partial charge >= 0.3 is 0 Å². The highest BCUT2D eigenvalue weighted by Crippen LogP contribution is 2.37. The maximum Gasteiger partial charge on any atom is 0.239 e. The number of nitrogens with zero attached hydrogens (tertiary/aromatic N) is 2. The number of carbonyl (C=O) groups is 1. The normalized spacial score (nSPS) is 10.6.